The summed E-state index contributed by atoms with van der Waals surface area (Å²) in [4.78, 5) is 13.4. The first kappa shape index (κ1) is 19.2. The van der Waals surface area contributed by atoms with Gasteiger partial charge in [-0.1, -0.05) is 72.8 Å². The molecular formula is C26H23N3O2. The molecule has 1 aromatic heterocycles. The second-order valence-corrected chi connectivity index (χ2v) is 7.90. The number of carbonyl (C=O) groups is 1. The number of nitrogens with one attached hydrogen (secondary N) is 1. The predicted octanol–water partition coefficient (Wildman–Crippen LogP) is 5.39. The van der Waals surface area contributed by atoms with Crippen LogP contribution < -0.4 is 5.32 Å². The number of benzene rings is 3. The Labute approximate surface area is 181 Å². The maximum atomic E-state index is 13.4. The van der Waals surface area contributed by atoms with Gasteiger partial charge in [-0.05, 0) is 64.3 Å². The van der Waals surface area contributed by atoms with Crippen LogP contribution >= 0.6 is 0 Å². The van der Waals surface area contributed by atoms with Gasteiger partial charge in [0.05, 0.1) is 5.92 Å². The average Bonchev–Trinajstić information content (AvgIpc) is 3.28. The van der Waals surface area contributed by atoms with Crippen LogP contribution in [-0.2, 0) is 17.6 Å². The van der Waals surface area contributed by atoms with Crippen molar-refractivity contribution < 1.29 is 9.42 Å². The molecule has 0 bridgehead atoms. The molecule has 0 saturated heterocycles. The minimum absolute atomic E-state index is 0.174. The first-order chi connectivity index (χ1) is 15.3. The lowest BCUT2D eigenvalue weighted by atomic mass is 9.89. The highest BCUT2D eigenvalue weighted by Gasteiger charge is 2.25. The van der Waals surface area contributed by atoms with Crippen LogP contribution in [-0.4, -0.2) is 16.2 Å². The molecule has 0 atom stereocenters. The second kappa shape index (κ2) is 8.56. The lowest BCUT2D eigenvalue weighted by Crippen LogP contribution is -2.22. The summed E-state index contributed by atoms with van der Waals surface area (Å²) in [5, 5.41) is 11.0. The lowest BCUT2D eigenvalue weighted by Gasteiger charge is -2.18. The molecule has 1 aliphatic rings. The Morgan fingerprint density at radius 2 is 1.45 bits per heavy atom. The highest BCUT2D eigenvalue weighted by molar-refractivity contribution is 5.99. The summed E-state index contributed by atoms with van der Waals surface area (Å²) in [6, 6.07) is 25.8. The van der Waals surface area contributed by atoms with Crippen molar-refractivity contribution in [3.63, 3.8) is 0 Å². The van der Waals surface area contributed by atoms with E-state index >= 15 is 0 Å². The van der Waals surface area contributed by atoms with Crippen LogP contribution in [0.4, 0.5) is 5.82 Å². The van der Waals surface area contributed by atoms with Crippen LogP contribution in [0.2, 0.25) is 0 Å². The number of hydrogen-bond donors (Lipinski definition) is 1. The van der Waals surface area contributed by atoms with E-state index in [0.29, 0.717) is 11.5 Å². The lowest BCUT2D eigenvalue weighted by molar-refractivity contribution is -0.116. The quantitative estimate of drug-likeness (QED) is 0.480. The van der Waals surface area contributed by atoms with E-state index in [9.17, 15) is 4.79 Å². The minimum Gasteiger partial charge on any atom is -0.305 e. The van der Waals surface area contributed by atoms with Gasteiger partial charge in [0.2, 0.25) is 11.7 Å². The van der Waals surface area contributed by atoms with Gasteiger partial charge in [0.1, 0.15) is 0 Å². The molecule has 0 aliphatic heterocycles. The molecule has 1 amide bonds. The summed E-state index contributed by atoms with van der Waals surface area (Å²) in [6.45, 7) is 0. The third-order valence-electron chi connectivity index (χ3n) is 5.88. The maximum absolute atomic E-state index is 13.4. The van der Waals surface area contributed by atoms with E-state index in [4.69, 9.17) is 4.63 Å². The number of carbonyl (C=O) groups excluding carboxylic acids is 1. The van der Waals surface area contributed by atoms with Crippen LogP contribution in [0.15, 0.2) is 83.5 Å². The Kier molecular flexibility index (Phi) is 5.31. The van der Waals surface area contributed by atoms with Gasteiger partial charge in [0.25, 0.3) is 0 Å². The van der Waals surface area contributed by atoms with Crippen molar-refractivity contribution in [1.82, 2.24) is 10.3 Å². The van der Waals surface area contributed by atoms with Crippen molar-refractivity contribution in [2.24, 2.45) is 0 Å². The topological polar surface area (TPSA) is 68.0 Å². The largest absolute Gasteiger partial charge is 0.305 e. The predicted molar refractivity (Wildman–Crippen MR) is 120 cm³/mol. The molecule has 5 nitrogen and oxygen atoms in total. The molecule has 0 unspecified atom stereocenters. The van der Waals surface area contributed by atoms with E-state index in [1.165, 1.54) is 24.0 Å². The fourth-order valence-corrected chi connectivity index (χ4v) is 4.32. The number of nitrogens with zero attached hydrogens (tertiary/aromatic N) is 2. The van der Waals surface area contributed by atoms with Crippen LogP contribution in [0.3, 0.4) is 0 Å². The molecule has 0 radical (unpaired) electrons. The van der Waals surface area contributed by atoms with Gasteiger partial charge in [-0.2, -0.15) is 0 Å². The van der Waals surface area contributed by atoms with Crippen LogP contribution in [0.5, 0.6) is 0 Å². The van der Waals surface area contributed by atoms with Gasteiger partial charge in [-0.3, -0.25) is 4.79 Å². The van der Waals surface area contributed by atoms with Gasteiger partial charge >= 0.3 is 0 Å². The first-order valence-electron chi connectivity index (χ1n) is 10.6. The zero-order chi connectivity index (χ0) is 21.0. The second-order valence-electron chi connectivity index (χ2n) is 7.90. The molecular weight excluding hydrogens is 386 g/mol. The number of aryl methyl sites for hydroxylation is 2. The highest BCUT2D eigenvalue weighted by Crippen LogP contribution is 2.31. The Hall–Kier alpha value is -3.73. The summed E-state index contributed by atoms with van der Waals surface area (Å²) in [5.74, 6) is -0.291. The van der Waals surface area contributed by atoms with E-state index in [0.717, 1.165) is 29.5 Å². The molecule has 5 heteroatoms. The minimum atomic E-state index is -0.463. The molecule has 3 aromatic carbocycles. The molecule has 5 rings (SSSR count). The smallest absolute Gasteiger partial charge is 0.237 e. The van der Waals surface area contributed by atoms with Crippen molar-refractivity contribution in [3.8, 4) is 11.3 Å². The van der Waals surface area contributed by atoms with Gasteiger partial charge in [-0.15, -0.1) is 0 Å². The Morgan fingerprint density at radius 1 is 0.806 bits per heavy atom. The number of anilines is 1. The fraction of sp³-hybridized carbons (Fsp3) is 0.192. The molecule has 1 aliphatic carbocycles. The SMILES string of the molecule is O=C(Nc1nonc1-c1ccc2c(c1)CCCC2)C(c1ccccc1)c1ccccc1. The molecule has 154 valence electrons. The van der Waals surface area contributed by atoms with Crippen molar-refractivity contribution in [1.29, 1.82) is 0 Å². The molecule has 1 N–H and O–H groups in total. The Bertz CT molecular complexity index is 1150. The number of aromatic nitrogens is 2. The molecule has 4 aromatic rings. The van der Waals surface area contributed by atoms with E-state index in [1.54, 1.807) is 0 Å². The number of hydrogen-bond acceptors (Lipinski definition) is 4. The van der Waals surface area contributed by atoms with Crippen molar-refractivity contribution >= 4 is 11.7 Å². The van der Waals surface area contributed by atoms with E-state index < -0.39 is 5.92 Å². The number of fused-ring (bicyclic) bond motifs is 1. The number of amides is 1. The van der Waals surface area contributed by atoms with Gasteiger partial charge < -0.3 is 5.32 Å². The average molecular weight is 409 g/mol. The third kappa shape index (κ3) is 3.99. The zero-order valence-electron chi connectivity index (χ0n) is 17.1. The first-order valence-corrected chi connectivity index (χ1v) is 10.6. The summed E-state index contributed by atoms with van der Waals surface area (Å²) in [6.07, 6.45) is 4.62. The van der Waals surface area contributed by atoms with Gasteiger partial charge in [-0.25, -0.2) is 4.63 Å². The van der Waals surface area contributed by atoms with Gasteiger partial charge in [0, 0.05) is 5.56 Å². The van der Waals surface area contributed by atoms with E-state index in [1.807, 2.05) is 66.7 Å². The van der Waals surface area contributed by atoms with Crippen molar-refractivity contribution in [2.45, 2.75) is 31.6 Å². The van der Waals surface area contributed by atoms with Crippen LogP contribution in [0, 0.1) is 0 Å². The summed E-state index contributed by atoms with van der Waals surface area (Å²) in [5.41, 5.74) is 6.03. The zero-order valence-corrected chi connectivity index (χ0v) is 17.1. The molecule has 0 saturated carbocycles. The maximum Gasteiger partial charge on any atom is 0.237 e. The summed E-state index contributed by atoms with van der Waals surface area (Å²) in [7, 11) is 0. The van der Waals surface area contributed by atoms with Gasteiger partial charge in [0.15, 0.2) is 5.69 Å². The third-order valence-corrected chi connectivity index (χ3v) is 5.88. The standard InChI is InChI=1S/C26H23N3O2/c30-26(23(19-10-3-1-4-11-19)20-12-5-2-6-13-20)27-25-24(28-31-29-25)22-16-15-18-9-7-8-14-21(18)17-22/h1-6,10-13,15-17,23H,7-9,14H2,(H,27,29,30). The number of rotatable bonds is 5. The van der Waals surface area contributed by atoms with Crippen LogP contribution in [0.25, 0.3) is 11.3 Å². The molecule has 1 heterocycles. The van der Waals surface area contributed by atoms with Crippen LogP contribution in [0.1, 0.15) is 41.0 Å². The molecule has 0 spiro atoms. The normalized spacial score (nSPS) is 13.1. The summed E-state index contributed by atoms with van der Waals surface area (Å²) >= 11 is 0. The molecule has 0 fully saturated rings. The van der Waals surface area contributed by atoms with Crippen molar-refractivity contribution in [3.05, 3.63) is 101 Å². The summed E-state index contributed by atoms with van der Waals surface area (Å²) < 4.78 is 5.02. The van der Waals surface area contributed by atoms with Crippen molar-refractivity contribution in [2.75, 3.05) is 5.32 Å². The van der Waals surface area contributed by atoms with E-state index in [-0.39, 0.29) is 5.91 Å². The Morgan fingerprint density at radius 3 is 2.13 bits per heavy atom. The Balaban J connectivity index is 1.46. The highest BCUT2D eigenvalue weighted by atomic mass is 16.6. The monoisotopic (exact) mass is 409 g/mol. The fourth-order valence-electron chi connectivity index (χ4n) is 4.32. The van der Waals surface area contributed by atoms with E-state index in [2.05, 4.69) is 27.8 Å². The molecule has 31 heavy (non-hydrogen) atoms.